The van der Waals surface area contributed by atoms with Crippen molar-refractivity contribution in [3.8, 4) is 0 Å². The number of hydrogen-bond acceptors (Lipinski definition) is 1. The van der Waals surface area contributed by atoms with Gasteiger partial charge in [-0.3, -0.25) is 0 Å². The number of nitrogens with one attached hydrogen (secondary N) is 1. The molecule has 1 saturated heterocycles. The molecule has 82 valence electrons. The molecule has 1 atom stereocenters. The van der Waals surface area contributed by atoms with Gasteiger partial charge in [0.05, 0.1) is 0 Å². The zero-order valence-corrected chi connectivity index (χ0v) is 10.2. The highest BCUT2D eigenvalue weighted by Crippen LogP contribution is 2.18. The highest BCUT2D eigenvalue weighted by Gasteiger charge is 2.13. The molecular weight excluding hydrogens is 257 g/mol. The van der Waals surface area contributed by atoms with Crippen LogP contribution >= 0.6 is 15.9 Å². The standard InChI is InChI=1S/C12H15BrFN/c13-10-5-9(6-11(14)8-10)7-12-3-1-2-4-15-12/h5-6,8,12,15H,1-4,7H2. The summed E-state index contributed by atoms with van der Waals surface area (Å²) in [5.74, 6) is -0.157. The summed E-state index contributed by atoms with van der Waals surface area (Å²) in [6, 6.07) is 5.64. The van der Waals surface area contributed by atoms with Crippen LogP contribution in [0.25, 0.3) is 0 Å². The van der Waals surface area contributed by atoms with Crippen molar-refractivity contribution in [1.29, 1.82) is 0 Å². The molecule has 0 bridgehead atoms. The Morgan fingerprint density at radius 3 is 2.87 bits per heavy atom. The maximum atomic E-state index is 13.1. The second-order valence-electron chi connectivity index (χ2n) is 4.13. The van der Waals surface area contributed by atoms with Crippen molar-refractivity contribution >= 4 is 15.9 Å². The Labute approximate surface area is 98.2 Å². The Morgan fingerprint density at radius 1 is 1.33 bits per heavy atom. The summed E-state index contributed by atoms with van der Waals surface area (Å²) in [6.45, 7) is 1.10. The third kappa shape index (κ3) is 3.28. The number of hydrogen-bond donors (Lipinski definition) is 1. The predicted molar refractivity (Wildman–Crippen MR) is 63.4 cm³/mol. The topological polar surface area (TPSA) is 12.0 Å². The van der Waals surface area contributed by atoms with Crippen molar-refractivity contribution in [3.05, 3.63) is 34.1 Å². The molecule has 15 heavy (non-hydrogen) atoms. The maximum Gasteiger partial charge on any atom is 0.124 e. The molecule has 1 aliphatic heterocycles. The number of piperidine rings is 1. The van der Waals surface area contributed by atoms with Crippen molar-refractivity contribution in [2.45, 2.75) is 31.7 Å². The van der Waals surface area contributed by atoms with Crippen LogP contribution in [-0.4, -0.2) is 12.6 Å². The SMILES string of the molecule is Fc1cc(Br)cc(CC2CCCCN2)c1. The molecule has 1 nitrogen and oxygen atoms in total. The van der Waals surface area contributed by atoms with E-state index >= 15 is 0 Å². The van der Waals surface area contributed by atoms with E-state index in [0.29, 0.717) is 6.04 Å². The molecule has 0 saturated carbocycles. The van der Waals surface area contributed by atoms with Crippen molar-refractivity contribution in [2.75, 3.05) is 6.54 Å². The fraction of sp³-hybridized carbons (Fsp3) is 0.500. The molecular formula is C12H15BrFN. The van der Waals surface area contributed by atoms with Crippen molar-refractivity contribution < 1.29 is 4.39 Å². The molecule has 1 fully saturated rings. The van der Waals surface area contributed by atoms with Gasteiger partial charge in [0, 0.05) is 10.5 Å². The van der Waals surface area contributed by atoms with Crippen molar-refractivity contribution in [2.24, 2.45) is 0 Å². The molecule has 0 aromatic heterocycles. The van der Waals surface area contributed by atoms with Gasteiger partial charge in [0.1, 0.15) is 5.82 Å². The van der Waals surface area contributed by atoms with E-state index in [2.05, 4.69) is 21.2 Å². The lowest BCUT2D eigenvalue weighted by Crippen LogP contribution is -2.35. The second-order valence-corrected chi connectivity index (χ2v) is 5.04. The first kappa shape index (κ1) is 11.1. The zero-order valence-electron chi connectivity index (χ0n) is 8.60. The summed E-state index contributed by atoms with van der Waals surface area (Å²) in [5, 5.41) is 3.47. The van der Waals surface area contributed by atoms with E-state index in [0.717, 1.165) is 23.0 Å². The highest BCUT2D eigenvalue weighted by molar-refractivity contribution is 9.10. The maximum absolute atomic E-state index is 13.1. The lowest BCUT2D eigenvalue weighted by Gasteiger charge is -2.23. The van der Waals surface area contributed by atoms with Crippen LogP contribution in [0.1, 0.15) is 24.8 Å². The zero-order chi connectivity index (χ0) is 10.7. The molecule has 2 rings (SSSR count). The van der Waals surface area contributed by atoms with Crippen molar-refractivity contribution in [3.63, 3.8) is 0 Å². The normalized spacial score (nSPS) is 21.6. The fourth-order valence-electron chi connectivity index (χ4n) is 2.11. The fourth-order valence-corrected chi connectivity index (χ4v) is 2.62. The number of benzene rings is 1. The summed E-state index contributed by atoms with van der Waals surface area (Å²) in [7, 11) is 0. The Hall–Kier alpha value is -0.410. The molecule has 3 heteroatoms. The largest absolute Gasteiger partial charge is 0.314 e. The van der Waals surface area contributed by atoms with E-state index in [1.54, 1.807) is 6.07 Å². The molecule has 0 amide bonds. The van der Waals surface area contributed by atoms with E-state index < -0.39 is 0 Å². The average molecular weight is 272 g/mol. The summed E-state index contributed by atoms with van der Waals surface area (Å²) >= 11 is 3.32. The lowest BCUT2D eigenvalue weighted by molar-refractivity contribution is 0.399. The third-order valence-corrected chi connectivity index (χ3v) is 3.27. The third-order valence-electron chi connectivity index (χ3n) is 2.82. The van der Waals surface area contributed by atoms with Crippen LogP contribution in [0.5, 0.6) is 0 Å². The molecule has 0 radical (unpaired) electrons. The smallest absolute Gasteiger partial charge is 0.124 e. The van der Waals surface area contributed by atoms with Crippen LogP contribution in [0.4, 0.5) is 4.39 Å². The predicted octanol–water partition coefficient (Wildman–Crippen LogP) is 3.27. The van der Waals surface area contributed by atoms with Gasteiger partial charge in [0.15, 0.2) is 0 Å². The molecule has 1 heterocycles. The summed E-state index contributed by atoms with van der Waals surface area (Å²) in [4.78, 5) is 0. The van der Waals surface area contributed by atoms with Gasteiger partial charge in [-0.15, -0.1) is 0 Å². The number of halogens is 2. The van der Waals surface area contributed by atoms with Gasteiger partial charge in [-0.1, -0.05) is 22.4 Å². The highest BCUT2D eigenvalue weighted by atomic mass is 79.9. The first-order valence-corrected chi connectivity index (χ1v) is 6.22. The Morgan fingerprint density at radius 2 is 2.20 bits per heavy atom. The number of rotatable bonds is 2. The van der Waals surface area contributed by atoms with E-state index in [1.807, 2.05) is 6.07 Å². The van der Waals surface area contributed by atoms with Gasteiger partial charge < -0.3 is 5.32 Å². The van der Waals surface area contributed by atoms with Crippen molar-refractivity contribution in [1.82, 2.24) is 5.32 Å². The van der Waals surface area contributed by atoms with E-state index in [4.69, 9.17) is 0 Å². The minimum Gasteiger partial charge on any atom is -0.314 e. The monoisotopic (exact) mass is 271 g/mol. The minimum absolute atomic E-state index is 0.157. The Balaban J connectivity index is 2.02. The molecule has 0 spiro atoms. The van der Waals surface area contributed by atoms with Gasteiger partial charge >= 0.3 is 0 Å². The van der Waals surface area contributed by atoms with Crippen LogP contribution in [0.2, 0.25) is 0 Å². The van der Waals surface area contributed by atoms with Gasteiger partial charge in [-0.2, -0.15) is 0 Å². The van der Waals surface area contributed by atoms with Gasteiger partial charge in [0.2, 0.25) is 0 Å². The van der Waals surface area contributed by atoms with E-state index in [-0.39, 0.29) is 5.82 Å². The van der Waals surface area contributed by atoms with Crippen LogP contribution in [0, 0.1) is 5.82 Å². The van der Waals surface area contributed by atoms with Crippen LogP contribution in [0.3, 0.4) is 0 Å². The first-order chi connectivity index (χ1) is 7.24. The van der Waals surface area contributed by atoms with E-state index in [1.165, 1.54) is 25.3 Å². The van der Waals surface area contributed by atoms with Crippen LogP contribution < -0.4 is 5.32 Å². The van der Waals surface area contributed by atoms with Crippen LogP contribution in [0.15, 0.2) is 22.7 Å². The first-order valence-electron chi connectivity index (χ1n) is 5.42. The lowest BCUT2D eigenvalue weighted by atomic mass is 9.98. The Kier molecular flexibility index (Phi) is 3.76. The van der Waals surface area contributed by atoms with E-state index in [9.17, 15) is 4.39 Å². The van der Waals surface area contributed by atoms with Gasteiger partial charge in [-0.05, 0) is 49.6 Å². The van der Waals surface area contributed by atoms with Gasteiger partial charge in [0.25, 0.3) is 0 Å². The molecule has 1 aliphatic rings. The molecule has 1 N–H and O–H groups in total. The minimum atomic E-state index is -0.157. The van der Waals surface area contributed by atoms with Gasteiger partial charge in [-0.25, -0.2) is 4.39 Å². The van der Waals surface area contributed by atoms with Crippen LogP contribution in [-0.2, 0) is 6.42 Å². The molecule has 0 aliphatic carbocycles. The summed E-state index contributed by atoms with van der Waals surface area (Å²) in [5.41, 5.74) is 1.07. The summed E-state index contributed by atoms with van der Waals surface area (Å²) < 4.78 is 14.0. The molecule has 1 aromatic carbocycles. The molecule has 1 unspecified atom stereocenters. The average Bonchev–Trinajstić information content (AvgIpc) is 2.17. The molecule has 1 aromatic rings. The summed E-state index contributed by atoms with van der Waals surface area (Å²) in [6.07, 6.45) is 4.68. The quantitative estimate of drug-likeness (QED) is 0.871. The Bertz CT molecular complexity index is 314. The second kappa shape index (κ2) is 5.08.